The number of nitrogens with one attached hydrogen (secondary N) is 1. The number of carbonyl (C=O) groups excluding carboxylic acids is 1. The third kappa shape index (κ3) is 5.42. The predicted molar refractivity (Wildman–Crippen MR) is 64.1 cm³/mol. The van der Waals surface area contributed by atoms with E-state index in [1.807, 2.05) is 11.8 Å². The number of rotatable bonds is 5. The average molecular weight is 231 g/mol. The van der Waals surface area contributed by atoms with Crippen molar-refractivity contribution in [1.82, 2.24) is 5.32 Å². The van der Waals surface area contributed by atoms with Crippen molar-refractivity contribution in [3.63, 3.8) is 0 Å². The highest BCUT2D eigenvalue weighted by molar-refractivity contribution is 7.99. The molecule has 0 aromatic heterocycles. The van der Waals surface area contributed by atoms with Gasteiger partial charge in [-0.2, -0.15) is 11.8 Å². The molecular formula is C11H21NO2S. The Hall–Kier alpha value is -0.220. The predicted octanol–water partition coefficient (Wildman–Crippen LogP) is 1.67. The van der Waals surface area contributed by atoms with Crippen LogP contribution in [0.4, 0.5) is 0 Å². The van der Waals surface area contributed by atoms with E-state index in [0.717, 1.165) is 30.9 Å². The minimum Gasteiger partial charge on any atom is -0.465 e. The van der Waals surface area contributed by atoms with Gasteiger partial charge in [-0.25, -0.2) is 0 Å². The highest BCUT2D eigenvalue weighted by Crippen LogP contribution is 2.09. The van der Waals surface area contributed by atoms with Crippen LogP contribution in [-0.4, -0.2) is 36.7 Å². The Labute approximate surface area is 96.3 Å². The minimum atomic E-state index is -0.0807. The third-order valence-corrected chi connectivity index (χ3v) is 3.44. The van der Waals surface area contributed by atoms with E-state index in [1.54, 1.807) is 0 Å². The van der Waals surface area contributed by atoms with Gasteiger partial charge >= 0.3 is 5.97 Å². The van der Waals surface area contributed by atoms with Crippen molar-refractivity contribution >= 4 is 17.7 Å². The normalized spacial score (nSPS) is 21.7. The van der Waals surface area contributed by atoms with Crippen LogP contribution in [0.1, 0.15) is 26.7 Å². The lowest BCUT2D eigenvalue weighted by atomic mass is 10.1. The van der Waals surface area contributed by atoms with E-state index < -0.39 is 0 Å². The number of hydrogen-bond acceptors (Lipinski definition) is 4. The lowest BCUT2D eigenvalue weighted by Gasteiger charge is -2.21. The van der Waals surface area contributed by atoms with Crippen molar-refractivity contribution in [2.24, 2.45) is 5.92 Å². The molecule has 3 nitrogen and oxygen atoms in total. The maximum atomic E-state index is 11.5. The van der Waals surface area contributed by atoms with Crippen LogP contribution in [0.25, 0.3) is 0 Å². The van der Waals surface area contributed by atoms with Gasteiger partial charge < -0.3 is 10.1 Å². The van der Waals surface area contributed by atoms with Gasteiger partial charge in [-0.15, -0.1) is 0 Å². The molecule has 4 heteroatoms. The fourth-order valence-electron chi connectivity index (χ4n) is 1.48. The zero-order valence-corrected chi connectivity index (χ0v) is 10.4. The van der Waals surface area contributed by atoms with E-state index in [-0.39, 0.29) is 12.0 Å². The largest absolute Gasteiger partial charge is 0.465 e. The summed E-state index contributed by atoms with van der Waals surface area (Å²) < 4.78 is 5.22. The Morgan fingerprint density at radius 3 is 3.00 bits per heavy atom. The van der Waals surface area contributed by atoms with Crippen LogP contribution in [0.15, 0.2) is 0 Å². The summed E-state index contributed by atoms with van der Waals surface area (Å²) in [7, 11) is 0. The van der Waals surface area contributed by atoms with Gasteiger partial charge in [0.2, 0.25) is 0 Å². The van der Waals surface area contributed by atoms with E-state index in [4.69, 9.17) is 4.74 Å². The number of thioether (sulfide) groups is 1. The van der Waals surface area contributed by atoms with E-state index in [0.29, 0.717) is 12.5 Å². The molecule has 1 fully saturated rings. The molecule has 1 saturated heterocycles. The van der Waals surface area contributed by atoms with Gasteiger partial charge in [-0.1, -0.05) is 13.8 Å². The first-order valence-corrected chi connectivity index (χ1v) is 6.83. The van der Waals surface area contributed by atoms with Gasteiger partial charge in [-0.05, 0) is 18.8 Å². The maximum absolute atomic E-state index is 11.5. The van der Waals surface area contributed by atoms with Crippen molar-refractivity contribution < 1.29 is 9.53 Å². The Morgan fingerprint density at radius 1 is 1.60 bits per heavy atom. The molecule has 0 radical (unpaired) electrons. The van der Waals surface area contributed by atoms with E-state index in [1.165, 1.54) is 0 Å². The molecule has 1 rings (SSSR count). The van der Waals surface area contributed by atoms with Gasteiger partial charge in [0.15, 0.2) is 0 Å². The molecule has 1 aliphatic heterocycles. The number of ether oxygens (including phenoxy) is 1. The number of esters is 1. The van der Waals surface area contributed by atoms with Crippen LogP contribution >= 0.6 is 11.8 Å². The second kappa shape index (κ2) is 7.12. The Kier molecular flexibility index (Phi) is 6.10. The van der Waals surface area contributed by atoms with Gasteiger partial charge in [0.25, 0.3) is 0 Å². The third-order valence-electron chi connectivity index (χ3n) is 2.38. The molecule has 1 heterocycles. The lowest BCUT2D eigenvalue weighted by molar-refractivity contribution is -0.145. The standard InChI is InChI=1S/C11H21NO2S/c1-9(2)4-3-6-14-11(13)10-8-15-7-5-12-10/h9-10,12H,3-8H2,1-2H3. The van der Waals surface area contributed by atoms with Crippen molar-refractivity contribution in [3.05, 3.63) is 0 Å². The van der Waals surface area contributed by atoms with Gasteiger partial charge in [0.05, 0.1) is 6.61 Å². The van der Waals surface area contributed by atoms with E-state index in [9.17, 15) is 4.79 Å². The summed E-state index contributed by atoms with van der Waals surface area (Å²) >= 11 is 1.81. The molecule has 0 bridgehead atoms. The van der Waals surface area contributed by atoms with Crippen LogP contribution in [0.2, 0.25) is 0 Å². The Bertz CT molecular complexity index is 191. The summed E-state index contributed by atoms with van der Waals surface area (Å²) in [5.74, 6) is 2.55. The summed E-state index contributed by atoms with van der Waals surface area (Å²) in [6.07, 6.45) is 2.10. The molecule has 0 saturated carbocycles. The van der Waals surface area contributed by atoms with Crippen molar-refractivity contribution in [1.29, 1.82) is 0 Å². The molecule has 1 N–H and O–H groups in total. The van der Waals surface area contributed by atoms with Gasteiger partial charge in [0.1, 0.15) is 6.04 Å². The zero-order chi connectivity index (χ0) is 11.1. The summed E-state index contributed by atoms with van der Waals surface area (Å²) in [4.78, 5) is 11.5. The number of hydrogen-bond donors (Lipinski definition) is 1. The molecule has 1 aliphatic rings. The lowest BCUT2D eigenvalue weighted by Crippen LogP contribution is -2.44. The summed E-state index contributed by atoms with van der Waals surface area (Å²) in [6, 6.07) is -0.0807. The Morgan fingerprint density at radius 2 is 2.40 bits per heavy atom. The quantitative estimate of drug-likeness (QED) is 0.577. The van der Waals surface area contributed by atoms with Crippen LogP contribution in [-0.2, 0) is 9.53 Å². The van der Waals surface area contributed by atoms with Gasteiger partial charge in [0, 0.05) is 18.1 Å². The van der Waals surface area contributed by atoms with Crippen molar-refractivity contribution in [3.8, 4) is 0 Å². The first kappa shape index (κ1) is 12.8. The first-order valence-electron chi connectivity index (χ1n) is 5.68. The zero-order valence-electron chi connectivity index (χ0n) is 9.62. The topological polar surface area (TPSA) is 38.3 Å². The van der Waals surface area contributed by atoms with Crippen LogP contribution < -0.4 is 5.32 Å². The van der Waals surface area contributed by atoms with E-state index in [2.05, 4.69) is 19.2 Å². The van der Waals surface area contributed by atoms with Gasteiger partial charge in [-0.3, -0.25) is 4.79 Å². The molecule has 1 unspecified atom stereocenters. The van der Waals surface area contributed by atoms with Crippen LogP contribution in [0.5, 0.6) is 0 Å². The van der Waals surface area contributed by atoms with Crippen LogP contribution in [0, 0.1) is 5.92 Å². The fourth-order valence-corrected chi connectivity index (χ4v) is 2.40. The first-order chi connectivity index (χ1) is 7.20. The molecule has 1 atom stereocenters. The van der Waals surface area contributed by atoms with Crippen molar-refractivity contribution in [2.45, 2.75) is 32.7 Å². The van der Waals surface area contributed by atoms with Crippen molar-refractivity contribution in [2.75, 3.05) is 24.7 Å². The summed E-state index contributed by atoms with van der Waals surface area (Å²) in [6.45, 7) is 5.85. The second-order valence-electron chi connectivity index (χ2n) is 4.29. The second-order valence-corrected chi connectivity index (χ2v) is 5.44. The minimum absolute atomic E-state index is 0.0778. The molecule has 15 heavy (non-hydrogen) atoms. The Balaban J connectivity index is 2.07. The molecule has 88 valence electrons. The van der Waals surface area contributed by atoms with Crippen LogP contribution in [0.3, 0.4) is 0 Å². The molecule has 0 aromatic carbocycles. The molecular weight excluding hydrogens is 210 g/mol. The van der Waals surface area contributed by atoms with E-state index >= 15 is 0 Å². The maximum Gasteiger partial charge on any atom is 0.323 e. The summed E-state index contributed by atoms with van der Waals surface area (Å²) in [5.41, 5.74) is 0. The molecule has 0 spiro atoms. The smallest absolute Gasteiger partial charge is 0.323 e. The molecule has 0 amide bonds. The average Bonchev–Trinajstić information content (AvgIpc) is 2.25. The highest BCUT2D eigenvalue weighted by atomic mass is 32.2. The highest BCUT2D eigenvalue weighted by Gasteiger charge is 2.21. The SMILES string of the molecule is CC(C)CCCOC(=O)C1CSCCN1. The monoisotopic (exact) mass is 231 g/mol. The molecule has 0 aliphatic carbocycles. The summed E-state index contributed by atoms with van der Waals surface area (Å²) in [5, 5.41) is 3.17. The number of carbonyl (C=O) groups is 1. The fraction of sp³-hybridized carbons (Fsp3) is 0.909. The molecule has 0 aromatic rings.